The molecule has 0 heteroatoms. The Bertz CT molecular complexity index is 855. The van der Waals surface area contributed by atoms with Crippen molar-refractivity contribution in [3.63, 3.8) is 0 Å². The van der Waals surface area contributed by atoms with Crippen LogP contribution in [0.25, 0.3) is 0 Å². The molecular weight excluding hydrogens is 468 g/mol. The zero-order valence-corrected chi connectivity index (χ0v) is 28.1. The minimum atomic E-state index is 0.696. The number of rotatable bonds is 16. The van der Waals surface area contributed by atoms with E-state index in [1.165, 1.54) is 57.8 Å². The molecular formula is C39H64. The largest absolute Gasteiger partial charge is 0.0625 e. The zero-order chi connectivity index (χ0) is 29.3. The van der Waals surface area contributed by atoms with Crippen LogP contribution >= 0.6 is 0 Å². The second-order valence-electron chi connectivity index (χ2n) is 15.2. The van der Waals surface area contributed by atoms with Gasteiger partial charge >= 0.3 is 0 Å². The van der Waals surface area contributed by atoms with Gasteiger partial charge in [0.15, 0.2) is 0 Å². The van der Waals surface area contributed by atoms with E-state index in [-0.39, 0.29) is 0 Å². The van der Waals surface area contributed by atoms with E-state index in [1.807, 2.05) is 0 Å². The Balaban J connectivity index is 2.37. The molecule has 39 heavy (non-hydrogen) atoms. The second kappa shape index (κ2) is 16.0. The number of hydrogen-bond donors (Lipinski definition) is 0. The van der Waals surface area contributed by atoms with Gasteiger partial charge in [-0.2, -0.15) is 0 Å². The van der Waals surface area contributed by atoms with Gasteiger partial charge < -0.3 is 0 Å². The molecule has 0 aromatic heterocycles. The maximum Gasteiger partial charge on any atom is -0.0250 e. The fourth-order valence-electron chi connectivity index (χ4n) is 6.35. The highest BCUT2D eigenvalue weighted by molar-refractivity contribution is 5.42. The van der Waals surface area contributed by atoms with Crippen molar-refractivity contribution in [3.05, 3.63) is 68.8 Å². The highest BCUT2D eigenvalue weighted by Gasteiger charge is 2.17. The van der Waals surface area contributed by atoms with Crippen LogP contribution in [0.15, 0.2) is 24.3 Å². The highest BCUT2D eigenvalue weighted by Crippen LogP contribution is 2.29. The molecule has 0 aliphatic rings. The van der Waals surface area contributed by atoms with E-state index in [1.54, 1.807) is 44.5 Å². The van der Waals surface area contributed by atoms with E-state index in [0.29, 0.717) is 35.5 Å². The van der Waals surface area contributed by atoms with Crippen molar-refractivity contribution in [1.29, 1.82) is 0 Å². The molecule has 2 rings (SSSR count). The summed E-state index contributed by atoms with van der Waals surface area (Å²) in [5.74, 6) is 4.18. The van der Waals surface area contributed by atoms with Gasteiger partial charge in [0, 0.05) is 0 Å². The van der Waals surface area contributed by atoms with Gasteiger partial charge in [0.1, 0.15) is 0 Å². The van der Waals surface area contributed by atoms with E-state index in [9.17, 15) is 0 Å². The van der Waals surface area contributed by atoms with Gasteiger partial charge in [0.25, 0.3) is 0 Å². The van der Waals surface area contributed by atoms with E-state index in [2.05, 4.69) is 107 Å². The molecule has 0 heterocycles. The summed E-state index contributed by atoms with van der Waals surface area (Å²) < 4.78 is 0. The molecule has 0 aliphatic carbocycles. The first kappa shape index (κ1) is 33.6. The van der Waals surface area contributed by atoms with Crippen LogP contribution in [0.2, 0.25) is 0 Å². The Kier molecular flexibility index (Phi) is 13.8. The standard InChI is InChI=1S/C39H64/c1-26(2)16-34-22-32(23-35(17-27(3)4)38(34)20-30(9)10)14-13-15-33-24-36(18-28(5)6)39(21-31(11)12)37(25-33)19-29(7)8/h22-31H,13-21H2,1-12H3. The van der Waals surface area contributed by atoms with Crippen molar-refractivity contribution in [2.24, 2.45) is 35.5 Å². The molecule has 2 aromatic carbocycles. The molecule has 0 saturated carbocycles. The molecule has 0 aliphatic heterocycles. The third-order valence-corrected chi connectivity index (χ3v) is 7.66. The van der Waals surface area contributed by atoms with Crippen molar-refractivity contribution < 1.29 is 0 Å². The Labute approximate surface area is 244 Å². The molecule has 0 N–H and O–H groups in total. The van der Waals surface area contributed by atoms with Crippen molar-refractivity contribution >= 4 is 0 Å². The fourth-order valence-corrected chi connectivity index (χ4v) is 6.35. The summed E-state index contributed by atoms with van der Waals surface area (Å²) in [7, 11) is 0. The Morgan fingerprint density at radius 2 is 0.590 bits per heavy atom. The van der Waals surface area contributed by atoms with Crippen LogP contribution in [0.1, 0.15) is 134 Å². The smallest absolute Gasteiger partial charge is 0.0250 e. The Hall–Kier alpha value is -1.56. The van der Waals surface area contributed by atoms with Gasteiger partial charge in [-0.15, -0.1) is 0 Å². The monoisotopic (exact) mass is 533 g/mol. The van der Waals surface area contributed by atoms with Crippen LogP contribution in [0.4, 0.5) is 0 Å². The van der Waals surface area contributed by atoms with Crippen molar-refractivity contribution in [3.8, 4) is 0 Å². The van der Waals surface area contributed by atoms with Crippen molar-refractivity contribution in [2.45, 2.75) is 141 Å². The number of benzene rings is 2. The average Bonchev–Trinajstić information content (AvgIpc) is 2.76. The van der Waals surface area contributed by atoms with E-state index >= 15 is 0 Å². The highest BCUT2D eigenvalue weighted by atomic mass is 14.2. The summed E-state index contributed by atoms with van der Waals surface area (Å²) in [6.45, 7) is 28.5. The topological polar surface area (TPSA) is 0 Å². The summed E-state index contributed by atoms with van der Waals surface area (Å²) in [6, 6.07) is 10.3. The first-order valence-corrected chi connectivity index (χ1v) is 16.5. The molecule has 0 atom stereocenters. The van der Waals surface area contributed by atoms with Crippen LogP contribution < -0.4 is 0 Å². The maximum absolute atomic E-state index is 2.58. The summed E-state index contributed by atoms with van der Waals surface area (Å²) >= 11 is 0. The molecule has 0 nitrogen and oxygen atoms in total. The third-order valence-electron chi connectivity index (χ3n) is 7.66. The van der Waals surface area contributed by atoms with Gasteiger partial charge in [-0.1, -0.05) is 107 Å². The van der Waals surface area contributed by atoms with Gasteiger partial charge in [0.2, 0.25) is 0 Å². The average molecular weight is 533 g/mol. The first-order valence-electron chi connectivity index (χ1n) is 16.5. The second-order valence-corrected chi connectivity index (χ2v) is 15.2. The predicted molar refractivity (Wildman–Crippen MR) is 176 cm³/mol. The lowest BCUT2D eigenvalue weighted by Gasteiger charge is -2.22. The van der Waals surface area contributed by atoms with Gasteiger partial charge in [0.05, 0.1) is 0 Å². The molecule has 0 unspecified atom stereocenters. The lowest BCUT2D eigenvalue weighted by Crippen LogP contribution is -2.11. The van der Waals surface area contributed by atoms with Crippen molar-refractivity contribution in [1.82, 2.24) is 0 Å². The summed E-state index contributed by atoms with van der Waals surface area (Å²) in [6.07, 6.45) is 10.8. The molecule has 0 bridgehead atoms. The van der Waals surface area contributed by atoms with Crippen LogP contribution in [0.3, 0.4) is 0 Å². The predicted octanol–water partition coefficient (Wildman–Crippen LogP) is 11.1. The summed E-state index contributed by atoms with van der Waals surface area (Å²) in [5, 5.41) is 0. The molecule has 0 amide bonds. The molecule has 2 aromatic rings. The van der Waals surface area contributed by atoms with Crippen LogP contribution in [0.5, 0.6) is 0 Å². The van der Waals surface area contributed by atoms with Gasteiger partial charge in [-0.05, 0) is 138 Å². The normalized spacial score (nSPS) is 12.4. The molecule has 0 radical (unpaired) electrons. The minimum absolute atomic E-state index is 0.696. The van der Waals surface area contributed by atoms with Gasteiger partial charge in [-0.25, -0.2) is 0 Å². The van der Waals surface area contributed by atoms with Crippen LogP contribution in [0, 0.1) is 35.5 Å². The van der Waals surface area contributed by atoms with Crippen LogP contribution in [-0.2, 0) is 51.4 Å². The quantitative estimate of drug-likeness (QED) is 0.202. The zero-order valence-electron chi connectivity index (χ0n) is 28.1. The maximum atomic E-state index is 2.58. The van der Waals surface area contributed by atoms with E-state index in [0.717, 1.165) is 0 Å². The Morgan fingerprint density at radius 3 is 0.795 bits per heavy atom. The van der Waals surface area contributed by atoms with Crippen molar-refractivity contribution in [2.75, 3.05) is 0 Å². The van der Waals surface area contributed by atoms with E-state index < -0.39 is 0 Å². The first-order chi connectivity index (χ1) is 18.2. The lowest BCUT2D eigenvalue weighted by atomic mass is 9.83. The van der Waals surface area contributed by atoms with Crippen LogP contribution in [-0.4, -0.2) is 0 Å². The minimum Gasteiger partial charge on any atom is -0.0625 e. The number of aryl methyl sites for hydroxylation is 2. The molecule has 220 valence electrons. The SMILES string of the molecule is CC(C)Cc1cc(CCCc2cc(CC(C)C)c(CC(C)C)c(CC(C)C)c2)cc(CC(C)C)c1CC(C)C. The molecule has 0 saturated heterocycles. The molecule has 0 spiro atoms. The third kappa shape index (κ3) is 11.8. The number of hydrogen-bond acceptors (Lipinski definition) is 0. The lowest BCUT2D eigenvalue weighted by molar-refractivity contribution is 0.594. The fraction of sp³-hybridized carbons (Fsp3) is 0.692. The molecule has 0 fully saturated rings. The summed E-state index contributed by atoms with van der Waals surface area (Å²) in [4.78, 5) is 0. The van der Waals surface area contributed by atoms with Gasteiger partial charge in [-0.3, -0.25) is 0 Å². The van der Waals surface area contributed by atoms with E-state index in [4.69, 9.17) is 0 Å². The summed E-state index contributed by atoms with van der Waals surface area (Å²) in [5.41, 5.74) is 13.0. The Morgan fingerprint density at radius 1 is 0.359 bits per heavy atom.